The minimum absolute atomic E-state index is 0.0210. The molecule has 5 rings (SSSR count). The summed E-state index contributed by atoms with van der Waals surface area (Å²) in [7, 11) is 0. The summed E-state index contributed by atoms with van der Waals surface area (Å²) >= 11 is 0. The number of hydrogen-bond donors (Lipinski definition) is 6. The van der Waals surface area contributed by atoms with Gasteiger partial charge in [0, 0.05) is 54.6 Å². The Morgan fingerprint density at radius 1 is 1.04 bits per heavy atom. The van der Waals surface area contributed by atoms with Crippen molar-refractivity contribution in [1.29, 1.82) is 0 Å². The molecule has 5 atom stereocenters. The first-order valence-corrected chi connectivity index (χ1v) is 18.0. The first-order valence-electron chi connectivity index (χ1n) is 18.0. The molecule has 0 amide bonds. The van der Waals surface area contributed by atoms with Crippen molar-refractivity contribution in [2.75, 3.05) is 25.0 Å². The highest BCUT2D eigenvalue weighted by Gasteiger charge is 2.44. The number of phenols is 1. The van der Waals surface area contributed by atoms with Crippen molar-refractivity contribution in [3.8, 4) is 23.3 Å². The second kappa shape index (κ2) is 16.9. The maximum absolute atomic E-state index is 14.3. The van der Waals surface area contributed by atoms with Gasteiger partial charge >= 0.3 is 11.9 Å². The number of phenolic OH excluding ortho intramolecular Hbond substituents is 1. The lowest BCUT2D eigenvalue weighted by atomic mass is 9.73. The highest BCUT2D eigenvalue weighted by atomic mass is 16.6. The van der Waals surface area contributed by atoms with E-state index in [2.05, 4.69) is 22.5 Å². The highest BCUT2D eigenvalue weighted by Crippen LogP contribution is 2.42. The van der Waals surface area contributed by atoms with Gasteiger partial charge in [-0.25, -0.2) is 4.79 Å². The van der Waals surface area contributed by atoms with Crippen LogP contribution in [0.25, 0.3) is 0 Å². The molecule has 2 aliphatic heterocycles. The van der Waals surface area contributed by atoms with E-state index in [0.29, 0.717) is 72.2 Å². The molecule has 0 saturated heterocycles. The smallest absolute Gasteiger partial charge is 0.334 e. The number of esters is 2. The fourth-order valence-electron chi connectivity index (χ4n) is 7.11. The van der Waals surface area contributed by atoms with Crippen molar-refractivity contribution >= 4 is 23.4 Å². The molecule has 1 aliphatic carbocycles. The molecule has 0 radical (unpaired) electrons. The quantitative estimate of drug-likeness (QED) is 0.0653. The van der Waals surface area contributed by atoms with Crippen LogP contribution in [-0.4, -0.2) is 75.6 Å². The largest absolute Gasteiger partial charge is 0.508 e. The molecular formula is C40H50N2O9. The molecule has 1 fully saturated rings. The fourth-order valence-corrected chi connectivity index (χ4v) is 7.11. The number of hydrogen-bond acceptors (Lipinski definition) is 11. The number of cyclic esters (lactones) is 1. The van der Waals surface area contributed by atoms with Gasteiger partial charge in [-0.1, -0.05) is 30.9 Å². The van der Waals surface area contributed by atoms with Crippen LogP contribution >= 0.6 is 0 Å². The van der Waals surface area contributed by atoms with E-state index in [0.717, 1.165) is 6.54 Å². The second-order valence-corrected chi connectivity index (χ2v) is 14.2. The van der Waals surface area contributed by atoms with Crippen molar-refractivity contribution < 1.29 is 44.3 Å². The average Bonchev–Trinajstić information content (AvgIpc) is 3.10. The number of ether oxygens (including phenoxy) is 2. The van der Waals surface area contributed by atoms with E-state index in [-0.39, 0.29) is 55.6 Å². The van der Waals surface area contributed by atoms with Crippen LogP contribution in [0.15, 0.2) is 42.0 Å². The number of nitrogens with one attached hydrogen (secondary N) is 2. The van der Waals surface area contributed by atoms with Crippen LogP contribution in [0.4, 0.5) is 5.69 Å². The third-order valence-corrected chi connectivity index (χ3v) is 10.1. The summed E-state index contributed by atoms with van der Waals surface area (Å²) in [6.07, 6.45) is 2.25. The van der Waals surface area contributed by atoms with Crippen LogP contribution in [0, 0.1) is 17.8 Å². The zero-order valence-corrected chi connectivity index (χ0v) is 29.7. The van der Waals surface area contributed by atoms with Crippen LogP contribution in [-0.2, 0) is 32.1 Å². The highest BCUT2D eigenvalue weighted by molar-refractivity contribution is 5.89. The van der Waals surface area contributed by atoms with E-state index in [1.165, 1.54) is 6.07 Å². The Labute approximate surface area is 299 Å². The van der Waals surface area contributed by atoms with Gasteiger partial charge in [0.25, 0.3) is 0 Å². The van der Waals surface area contributed by atoms with Crippen molar-refractivity contribution in [1.82, 2.24) is 5.32 Å². The lowest BCUT2D eigenvalue weighted by Gasteiger charge is -2.40. The number of Topliss-reactive ketones (excluding diaryl/α,β-unsaturated/α-hetero) is 1. The van der Waals surface area contributed by atoms with E-state index >= 15 is 0 Å². The van der Waals surface area contributed by atoms with Gasteiger partial charge in [0.1, 0.15) is 29.0 Å². The Bertz CT molecular complexity index is 1690. The van der Waals surface area contributed by atoms with E-state index < -0.39 is 41.6 Å². The van der Waals surface area contributed by atoms with Crippen LogP contribution in [0.3, 0.4) is 0 Å². The normalized spacial score (nSPS) is 23.8. The third-order valence-electron chi connectivity index (χ3n) is 10.1. The molecule has 51 heavy (non-hydrogen) atoms. The first kappa shape index (κ1) is 38.0. The predicted molar refractivity (Wildman–Crippen MR) is 191 cm³/mol. The van der Waals surface area contributed by atoms with Crippen LogP contribution in [0.2, 0.25) is 0 Å². The zero-order valence-electron chi connectivity index (χ0n) is 29.7. The Morgan fingerprint density at radius 2 is 1.78 bits per heavy atom. The Balaban J connectivity index is 1.65. The average molecular weight is 703 g/mol. The molecule has 2 bridgehead atoms. The van der Waals surface area contributed by atoms with Crippen molar-refractivity contribution in [3.63, 3.8) is 0 Å². The lowest BCUT2D eigenvalue weighted by Crippen LogP contribution is -2.50. The van der Waals surface area contributed by atoms with Crippen LogP contribution < -0.4 is 15.4 Å². The molecule has 3 aliphatic rings. The summed E-state index contributed by atoms with van der Waals surface area (Å²) in [6, 6.07) is 8.56. The summed E-state index contributed by atoms with van der Waals surface area (Å²) < 4.78 is 11.8. The minimum atomic E-state index is -1.55. The van der Waals surface area contributed by atoms with Gasteiger partial charge in [-0.2, -0.15) is 0 Å². The summed E-state index contributed by atoms with van der Waals surface area (Å²) in [4.78, 5) is 39.2. The predicted octanol–water partition coefficient (Wildman–Crippen LogP) is 4.15. The van der Waals surface area contributed by atoms with Crippen molar-refractivity contribution in [2.24, 2.45) is 5.92 Å². The summed E-state index contributed by atoms with van der Waals surface area (Å²) in [5.41, 5.74) is 1.79. The maximum atomic E-state index is 14.3. The molecule has 2 heterocycles. The molecule has 6 N–H and O–H groups in total. The number of carbonyl (C=O) groups excluding carboxylic acids is 3. The van der Waals surface area contributed by atoms with Crippen molar-refractivity contribution in [3.05, 3.63) is 64.2 Å². The number of rotatable bonds is 11. The molecule has 0 aromatic heterocycles. The summed E-state index contributed by atoms with van der Waals surface area (Å²) in [5, 5.41) is 49.8. The molecule has 0 unspecified atom stereocenters. The number of aliphatic hydroxyl groups excluding tert-OH is 2. The number of ketones is 1. The Kier molecular flexibility index (Phi) is 12.6. The molecule has 2 aromatic carbocycles. The van der Waals surface area contributed by atoms with Gasteiger partial charge in [-0.3, -0.25) is 9.59 Å². The monoisotopic (exact) mass is 702 g/mol. The van der Waals surface area contributed by atoms with Crippen LogP contribution in [0.5, 0.6) is 11.5 Å². The number of aromatic hydroxyl groups is 1. The Morgan fingerprint density at radius 3 is 2.49 bits per heavy atom. The van der Waals surface area contributed by atoms with Gasteiger partial charge in [0.05, 0.1) is 25.0 Å². The maximum Gasteiger partial charge on any atom is 0.334 e. The molecular weight excluding hydrogens is 652 g/mol. The fraction of sp³-hybridized carbons (Fsp3) is 0.525. The van der Waals surface area contributed by atoms with Gasteiger partial charge < -0.3 is 40.5 Å². The summed E-state index contributed by atoms with van der Waals surface area (Å²) in [5.74, 6) is 4.18. The van der Waals surface area contributed by atoms with Gasteiger partial charge in [-0.05, 0) is 93.4 Å². The molecule has 2 aromatic rings. The van der Waals surface area contributed by atoms with Gasteiger partial charge in [0.15, 0.2) is 0 Å². The number of carbonyl (C=O) groups is 3. The summed E-state index contributed by atoms with van der Waals surface area (Å²) in [6.45, 7) is 6.68. The van der Waals surface area contributed by atoms with Crippen LogP contribution in [0.1, 0.15) is 99.8 Å². The number of anilines is 1. The van der Waals surface area contributed by atoms with E-state index in [4.69, 9.17) is 9.47 Å². The SMILES string of the molecule is CCNCC/C=C1/C[C@@H](c2cc(CO)cc(NC[C@H](C)O)c2)C#C[C@H]2CC(=O)Oc3cc(O)c(cc32)C[C@H]([C@@](C)(O)C2CCC(=O)CC2)OC1=O. The minimum Gasteiger partial charge on any atom is -0.508 e. The molecule has 0 spiro atoms. The molecule has 11 heteroatoms. The van der Waals surface area contributed by atoms with E-state index in [9.17, 15) is 34.8 Å². The van der Waals surface area contributed by atoms with E-state index in [1.54, 1.807) is 26.0 Å². The van der Waals surface area contributed by atoms with Gasteiger partial charge in [0.2, 0.25) is 0 Å². The molecule has 11 nitrogen and oxygen atoms in total. The standard InChI is InChI=1S/C40H50N2O9/c1-4-41-13-5-6-28-16-26(29-14-25(23-43)15-32(17-29)42-22-24(2)44)7-8-27-20-38(47)50-36-21-35(46)30(18-34(27)36)19-37(51-39(28)48)40(3,49)31-9-11-33(45)12-10-31/h6,14-15,17-18,21,24,26-27,31,37,41-44,46,49H,4-5,9-13,16,19-20,22-23H2,1-3H3/b28-6-/t24-,26-,27-,37+,40-/m0/s1. The zero-order chi connectivity index (χ0) is 36.7. The van der Waals surface area contributed by atoms with E-state index in [1.807, 2.05) is 25.1 Å². The first-order chi connectivity index (χ1) is 24.4. The molecule has 1 saturated carbocycles. The number of aliphatic hydroxyl groups is 3. The third kappa shape index (κ3) is 9.57. The van der Waals surface area contributed by atoms with Gasteiger partial charge in [-0.15, -0.1) is 0 Å². The number of benzene rings is 2. The Hall–Kier alpha value is -4.21. The lowest BCUT2D eigenvalue weighted by molar-refractivity contribution is -0.169. The second-order valence-electron chi connectivity index (χ2n) is 14.2. The topological polar surface area (TPSA) is 175 Å². The molecule has 274 valence electrons. The number of fused-ring (bicyclic) bond motifs is 1. The van der Waals surface area contributed by atoms with Crippen molar-refractivity contribution in [2.45, 2.75) is 108 Å².